The third-order valence-corrected chi connectivity index (χ3v) is 3.91. The van der Waals surface area contributed by atoms with Crippen LogP contribution < -0.4 is 11.3 Å². The number of hydrogen-bond acceptors (Lipinski definition) is 4. The van der Waals surface area contributed by atoms with Gasteiger partial charge in [0.15, 0.2) is 0 Å². The molecule has 0 aliphatic carbocycles. The van der Waals surface area contributed by atoms with Gasteiger partial charge < -0.3 is 15.2 Å². The molecule has 1 aliphatic heterocycles. The number of benzene rings is 1. The predicted octanol–water partition coefficient (Wildman–Crippen LogP) is 1.53. The van der Waals surface area contributed by atoms with Crippen molar-refractivity contribution < 1.29 is 9.18 Å². The lowest BCUT2D eigenvalue weighted by atomic mass is 9.96. The topological polar surface area (TPSA) is 61.6 Å². The van der Waals surface area contributed by atoms with Crippen molar-refractivity contribution in [2.75, 3.05) is 39.2 Å². The van der Waals surface area contributed by atoms with Crippen molar-refractivity contribution in [1.82, 2.24) is 9.80 Å². The molecule has 21 heavy (non-hydrogen) atoms. The zero-order valence-corrected chi connectivity index (χ0v) is 12.6. The maximum atomic E-state index is 13.7. The van der Waals surface area contributed by atoms with Crippen LogP contribution in [0.3, 0.4) is 0 Å². The molecule has 1 aliphatic rings. The number of amides is 1. The van der Waals surface area contributed by atoms with E-state index in [9.17, 15) is 9.18 Å². The van der Waals surface area contributed by atoms with Crippen molar-refractivity contribution in [1.29, 1.82) is 0 Å². The van der Waals surface area contributed by atoms with Gasteiger partial charge in [0.05, 0.1) is 11.3 Å². The third-order valence-electron chi connectivity index (χ3n) is 3.91. The lowest BCUT2D eigenvalue weighted by molar-refractivity contribution is 0.0678. The second-order valence-corrected chi connectivity index (χ2v) is 5.80. The molecule has 2 rings (SSSR count). The van der Waals surface area contributed by atoms with Gasteiger partial charge in [0.1, 0.15) is 5.82 Å². The van der Waals surface area contributed by atoms with Crippen LogP contribution in [0.25, 0.3) is 0 Å². The summed E-state index contributed by atoms with van der Waals surface area (Å²) in [5.41, 5.74) is 2.65. The molecule has 0 aromatic heterocycles. The number of hydrazine groups is 1. The van der Waals surface area contributed by atoms with Gasteiger partial charge in [0, 0.05) is 19.6 Å². The minimum Gasteiger partial charge on any atom is -0.339 e. The average Bonchev–Trinajstić information content (AvgIpc) is 2.46. The standard InChI is InChI=1S/C15H23FN4O/c1-19(2)10-11-6-8-20(9-7-11)15(21)12-4-3-5-13(16)14(12)18-17/h3-5,11,18H,6-10,17H2,1-2H3. The number of para-hydroxylation sites is 1. The minimum absolute atomic E-state index is 0.0675. The maximum Gasteiger partial charge on any atom is 0.256 e. The normalized spacial score (nSPS) is 16.3. The number of nitrogens with two attached hydrogens (primary N) is 1. The van der Waals surface area contributed by atoms with Crippen LogP contribution in [0.2, 0.25) is 0 Å². The lowest BCUT2D eigenvalue weighted by Crippen LogP contribution is -2.41. The fourth-order valence-electron chi connectivity index (χ4n) is 2.85. The van der Waals surface area contributed by atoms with Gasteiger partial charge in [-0.1, -0.05) is 6.07 Å². The molecule has 1 fully saturated rings. The first-order valence-electron chi connectivity index (χ1n) is 7.22. The Hall–Kier alpha value is -1.66. The van der Waals surface area contributed by atoms with E-state index in [0.717, 1.165) is 19.4 Å². The van der Waals surface area contributed by atoms with Crippen LogP contribution in [-0.2, 0) is 0 Å². The Morgan fingerprint density at radius 1 is 1.43 bits per heavy atom. The highest BCUT2D eigenvalue weighted by Gasteiger charge is 2.26. The van der Waals surface area contributed by atoms with Crippen LogP contribution in [0.4, 0.5) is 10.1 Å². The molecule has 1 saturated heterocycles. The first kappa shape index (κ1) is 15.7. The number of carbonyl (C=O) groups is 1. The van der Waals surface area contributed by atoms with E-state index in [4.69, 9.17) is 5.84 Å². The van der Waals surface area contributed by atoms with E-state index in [0.29, 0.717) is 24.6 Å². The number of nitrogen functional groups attached to an aromatic ring is 1. The van der Waals surface area contributed by atoms with Crippen molar-refractivity contribution in [2.45, 2.75) is 12.8 Å². The Morgan fingerprint density at radius 2 is 2.10 bits per heavy atom. The quantitative estimate of drug-likeness (QED) is 0.653. The summed E-state index contributed by atoms with van der Waals surface area (Å²) in [5, 5.41) is 0. The van der Waals surface area contributed by atoms with Crippen molar-refractivity contribution in [3.05, 3.63) is 29.6 Å². The minimum atomic E-state index is -0.508. The molecule has 1 amide bonds. The number of halogens is 1. The number of nitrogens with zero attached hydrogens (tertiary/aromatic N) is 2. The van der Waals surface area contributed by atoms with Gasteiger partial charge in [-0.15, -0.1) is 0 Å². The van der Waals surface area contributed by atoms with E-state index in [1.807, 2.05) is 0 Å². The first-order chi connectivity index (χ1) is 10.0. The summed E-state index contributed by atoms with van der Waals surface area (Å²) >= 11 is 0. The number of rotatable bonds is 4. The summed E-state index contributed by atoms with van der Waals surface area (Å²) in [5.74, 6) is 5.27. The van der Waals surface area contributed by atoms with Gasteiger partial charge >= 0.3 is 0 Å². The molecule has 116 valence electrons. The first-order valence-corrected chi connectivity index (χ1v) is 7.22. The molecule has 5 nitrogen and oxygen atoms in total. The Bertz CT molecular complexity index is 498. The summed E-state index contributed by atoms with van der Waals surface area (Å²) in [6.45, 7) is 2.45. The predicted molar refractivity (Wildman–Crippen MR) is 81.4 cm³/mol. The smallest absolute Gasteiger partial charge is 0.256 e. The molecule has 0 unspecified atom stereocenters. The molecule has 0 radical (unpaired) electrons. The highest BCUT2D eigenvalue weighted by molar-refractivity contribution is 5.99. The molecule has 0 atom stereocenters. The number of anilines is 1. The Labute approximate surface area is 124 Å². The van der Waals surface area contributed by atoms with Crippen molar-refractivity contribution in [3.63, 3.8) is 0 Å². The molecule has 1 heterocycles. The Kier molecular flexibility index (Phi) is 5.14. The van der Waals surface area contributed by atoms with Crippen molar-refractivity contribution in [3.8, 4) is 0 Å². The number of piperidine rings is 1. The molecule has 6 heteroatoms. The van der Waals surface area contributed by atoms with E-state index >= 15 is 0 Å². The molecular formula is C15H23FN4O. The monoisotopic (exact) mass is 294 g/mol. The van der Waals surface area contributed by atoms with E-state index in [1.165, 1.54) is 12.1 Å². The number of likely N-dealkylation sites (tertiary alicyclic amines) is 1. The fourth-order valence-corrected chi connectivity index (χ4v) is 2.85. The Morgan fingerprint density at radius 3 is 2.67 bits per heavy atom. The van der Waals surface area contributed by atoms with Gasteiger partial charge in [-0.05, 0) is 45.0 Å². The molecule has 1 aromatic rings. The van der Waals surface area contributed by atoms with E-state index in [-0.39, 0.29) is 11.6 Å². The fraction of sp³-hybridized carbons (Fsp3) is 0.533. The van der Waals surface area contributed by atoms with Crippen LogP contribution >= 0.6 is 0 Å². The van der Waals surface area contributed by atoms with Crippen LogP contribution in [0.1, 0.15) is 23.2 Å². The molecule has 1 aromatic carbocycles. The summed E-state index contributed by atoms with van der Waals surface area (Å²) in [4.78, 5) is 16.5. The van der Waals surface area contributed by atoms with Crippen LogP contribution in [0.5, 0.6) is 0 Å². The van der Waals surface area contributed by atoms with E-state index < -0.39 is 5.82 Å². The van der Waals surface area contributed by atoms with E-state index in [1.54, 1.807) is 11.0 Å². The largest absolute Gasteiger partial charge is 0.339 e. The van der Waals surface area contributed by atoms with Gasteiger partial charge in [0.25, 0.3) is 5.91 Å². The summed E-state index contributed by atoms with van der Waals surface area (Å²) in [7, 11) is 4.12. The number of hydrogen-bond donors (Lipinski definition) is 2. The molecule has 3 N–H and O–H groups in total. The van der Waals surface area contributed by atoms with Gasteiger partial charge in [-0.3, -0.25) is 10.6 Å². The van der Waals surface area contributed by atoms with Gasteiger partial charge in [-0.2, -0.15) is 0 Å². The number of nitrogens with one attached hydrogen (secondary N) is 1. The number of carbonyl (C=O) groups excluding carboxylic acids is 1. The average molecular weight is 294 g/mol. The van der Waals surface area contributed by atoms with Gasteiger partial charge in [0.2, 0.25) is 0 Å². The van der Waals surface area contributed by atoms with Crippen LogP contribution in [0, 0.1) is 11.7 Å². The van der Waals surface area contributed by atoms with Crippen LogP contribution in [0.15, 0.2) is 18.2 Å². The lowest BCUT2D eigenvalue weighted by Gasteiger charge is -2.33. The Balaban J connectivity index is 2.04. The summed E-state index contributed by atoms with van der Waals surface area (Å²) in [6.07, 6.45) is 1.95. The summed E-state index contributed by atoms with van der Waals surface area (Å²) < 4.78 is 13.7. The van der Waals surface area contributed by atoms with E-state index in [2.05, 4.69) is 24.4 Å². The molecule has 0 bridgehead atoms. The highest BCUT2D eigenvalue weighted by atomic mass is 19.1. The zero-order valence-electron chi connectivity index (χ0n) is 12.6. The molecule has 0 saturated carbocycles. The molecular weight excluding hydrogens is 271 g/mol. The van der Waals surface area contributed by atoms with Crippen molar-refractivity contribution in [2.24, 2.45) is 11.8 Å². The SMILES string of the molecule is CN(C)CC1CCN(C(=O)c2cccc(F)c2NN)CC1. The second kappa shape index (κ2) is 6.87. The molecule has 0 spiro atoms. The highest BCUT2D eigenvalue weighted by Crippen LogP contribution is 2.24. The van der Waals surface area contributed by atoms with Crippen LogP contribution in [-0.4, -0.2) is 49.4 Å². The van der Waals surface area contributed by atoms with Crippen molar-refractivity contribution >= 4 is 11.6 Å². The zero-order chi connectivity index (χ0) is 15.4. The summed E-state index contributed by atoms with van der Waals surface area (Å²) in [6, 6.07) is 4.42. The van der Waals surface area contributed by atoms with Gasteiger partial charge in [-0.25, -0.2) is 4.39 Å². The second-order valence-electron chi connectivity index (χ2n) is 5.80. The maximum absolute atomic E-state index is 13.7. The third kappa shape index (κ3) is 3.71.